The summed E-state index contributed by atoms with van der Waals surface area (Å²) in [4.78, 5) is 18.7. The van der Waals surface area contributed by atoms with Gasteiger partial charge in [0.05, 0.1) is 25.5 Å². The molecule has 1 unspecified atom stereocenters. The van der Waals surface area contributed by atoms with Crippen LogP contribution in [0.5, 0.6) is 23.1 Å². The molecule has 4 rings (SSSR count). The van der Waals surface area contributed by atoms with Crippen molar-refractivity contribution in [1.29, 1.82) is 0 Å². The minimum Gasteiger partial charge on any atom is -0.496 e. The van der Waals surface area contributed by atoms with E-state index in [-0.39, 0.29) is 11.3 Å². The van der Waals surface area contributed by atoms with E-state index in [0.29, 0.717) is 35.4 Å². The summed E-state index contributed by atoms with van der Waals surface area (Å²) >= 11 is 1.58. The molecule has 1 aliphatic heterocycles. The summed E-state index contributed by atoms with van der Waals surface area (Å²) in [6.07, 6.45) is 1.69. The highest BCUT2D eigenvalue weighted by molar-refractivity contribution is 8.00. The maximum atomic E-state index is 12.7. The second-order valence-electron chi connectivity index (χ2n) is 6.68. The summed E-state index contributed by atoms with van der Waals surface area (Å²) in [5, 5.41) is -0.173. The Morgan fingerprint density at radius 2 is 1.73 bits per heavy atom. The highest BCUT2D eigenvalue weighted by atomic mass is 32.2. The first-order valence-corrected chi connectivity index (χ1v) is 10.5. The Balaban J connectivity index is 1.54. The third-order valence-corrected chi connectivity index (χ3v) is 6.04. The maximum absolute atomic E-state index is 12.7. The van der Waals surface area contributed by atoms with Crippen LogP contribution in [0.3, 0.4) is 0 Å². The van der Waals surface area contributed by atoms with E-state index >= 15 is 0 Å². The minimum absolute atomic E-state index is 0.0896. The number of hydrogen-bond donors (Lipinski definition) is 0. The van der Waals surface area contributed by atoms with Crippen molar-refractivity contribution in [3.05, 3.63) is 78.0 Å². The average molecular weight is 423 g/mol. The number of ether oxygens (including phenoxy) is 3. The van der Waals surface area contributed by atoms with Crippen molar-refractivity contribution < 1.29 is 19.0 Å². The molecule has 3 aromatic rings. The number of carbonyl (C=O) groups is 1. The number of thioether (sulfide) groups is 1. The van der Waals surface area contributed by atoms with Crippen LogP contribution < -0.4 is 14.2 Å². The van der Waals surface area contributed by atoms with Crippen molar-refractivity contribution >= 4 is 17.7 Å². The predicted molar refractivity (Wildman–Crippen MR) is 116 cm³/mol. The molecular weight excluding hydrogens is 400 g/mol. The summed E-state index contributed by atoms with van der Waals surface area (Å²) < 4.78 is 16.9. The van der Waals surface area contributed by atoms with Gasteiger partial charge in [0.2, 0.25) is 11.8 Å². The van der Waals surface area contributed by atoms with Crippen molar-refractivity contribution in [2.75, 3.05) is 20.0 Å². The Hall–Kier alpha value is -3.19. The average Bonchev–Trinajstić information content (AvgIpc) is 3.14. The lowest BCUT2D eigenvalue weighted by molar-refractivity contribution is -0.128. The monoisotopic (exact) mass is 422 g/mol. The zero-order chi connectivity index (χ0) is 20.9. The number of pyridine rings is 1. The van der Waals surface area contributed by atoms with E-state index in [4.69, 9.17) is 14.2 Å². The summed E-state index contributed by atoms with van der Waals surface area (Å²) in [5.41, 5.74) is 1.89. The van der Waals surface area contributed by atoms with Crippen LogP contribution in [0.4, 0.5) is 0 Å². The van der Waals surface area contributed by atoms with Crippen molar-refractivity contribution in [3.8, 4) is 23.1 Å². The predicted octanol–water partition coefficient (Wildman–Crippen LogP) is 4.67. The number of hydrogen-bond acceptors (Lipinski definition) is 6. The van der Waals surface area contributed by atoms with E-state index in [1.54, 1.807) is 38.2 Å². The second kappa shape index (κ2) is 9.09. The van der Waals surface area contributed by atoms with E-state index in [2.05, 4.69) is 4.98 Å². The fourth-order valence-electron chi connectivity index (χ4n) is 3.38. The lowest BCUT2D eigenvalue weighted by Gasteiger charge is -2.27. The summed E-state index contributed by atoms with van der Waals surface area (Å²) in [7, 11) is 3.26. The molecule has 0 bridgehead atoms. The third kappa shape index (κ3) is 4.21. The molecular formula is C23H22N2O4S. The summed E-state index contributed by atoms with van der Waals surface area (Å²) in [5.74, 6) is 3.18. The van der Waals surface area contributed by atoms with Crippen LogP contribution in [-0.2, 0) is 11.3 Å². The molecule has 2 aromatic carbocycles. The first-order valence-electron chi connectivity index (χ1n) is 9.49. The van der Waals surface area contributed by atoms with Gasteiger partial charge in [0, 0.05) is 18.8 Å². The van der Waals surface area contributed by atoms with Gasteiger partial charge < -0.3 is 19.1 Å². The standard InChI is InChI=1S/C23H22N2O4S/c1-27-18-6-5-7-19(28-2)22(18)23-25(21(26)15-30-23)14-16-9-11-17(12-10-16)29-20-8-3-4-13-24-20/h3-13,23H,14-15H2,1-2H3. The number of amides is 1. The van der Waals surface area contributed by atoms with E-state index in [9.17, 15) is 4.79 Å². The van der Waals surface area contributed by atoms with Gasteiger partial charge in [-0.1, -0.05) is 24.3 Å². The zero-order valence-corrected chi connectivity index (χ0v) is 17.6. The third-order valence-electron chi connectivity index (χ3n) is 4.82. The second-order valence-corrected chi connectivity index (χ2v) is 7.74. The fourth-order valence-corrected chi connectivity index (χ4v) is 4.61. The van der Waals surface area contributed by atoms with Gasteiger partial charge in [-0.2, -0.15) is 0 Å². The normalized spacial score (nSPS) is 15.9. The van der Waals surface area contributed by atoms with Crippen molar-refractivity contribution in [3.63, 3.8) is 0 Å². The number of nitrogens with zero attached hydrogens (tertiary/aromatic N) is 2. The maximum Gasteiger partial charge on any atom is 0.234 e. The molecule has 1 saturated heterocycles. The van der Waals surface area contributed by atoms with Crippen LogP contribution in [0.2, 0.25) is 0 Å². The number of carbonyl (C=O) groups excluding carboxylic acids is 1. The smallest absolute Gasteiger partial charge is 0.234 e. The Kier molecular flexibility index (Phi) is 6.09. The van der Waals surface area contributed by atoms with Crippen molar-refractivity contribution in [1.82, 2.24) is 9.88 Å². The molecule has 0 spiro atoms. The molecule has 7 heteroatoms. The SMILES string of the molecule is COc1cccc(OC)c1C1SCC(=O)N1Cc1ccc(Oc2ccccn2)cc1. The number of benzene rings is 2. The van der Waals surface area contributed by atoms with E-state index in [1.165, 1.54) is 0 Å². The number of methoxy groups -OCH3 is 2. The first-order chi connectivity index (χ1) is 14.7. The van der Waals surface area contributed by atoms with Crippen LogP contribution in [0.15, 0.2) is 66.9 Å². The molecule has 1 amide bonds. The van der Waals surface area contributed by atoms with Gasteiger partial charge in [-0.25, -0.2) is 4.98 Å². The van der Waals surface area contributed by atoms with Gasteiger partial charge in [0.15, 0.2) is 0 Å². The van der Waals surface area contributed by atoms with Crippen LogP contribution >= 0.6 is 11.8 Å². The summed E-state index contributed by atoms with van der Waals surface area (Å²) in [6.45, 7) is 0.488. The van der Waals surface area contributed by atoms with Crippen LogP contribution in [0, 0.1) is 0 Å². The molecule has 1 fully saturated rings. The molecule has 30 heavy (non-hydrogen) atoms. The molecule has 1 aliphatic rings. The van der Waals surface area contributed by atoms with Gasteiger partial charge in [-0.3, -0.25) is 4.79 Å². The Morgan fingerprint density at radius 3 is 2.37 bits per heavy atom. The molecule has 2 heterocycles. The Labute approximate surface area is 179 Å². The highest BCUT2D eigenvalue weighted by Crippen LogP contribution is 2.47. The molecule has 6 nitrogen and oxygen atoms in total. The lowest BCUT2D eigenvalue weighted by atomic mass is 10.1. The van der Waals surface area contributed by atoms with Gasteiger partial charge >= 0.3 is 0 Å². The topological polar surface area (TPSA) is 60.9 Å². The van der Waals surface area contributed by atoms with Gasteiger partial charge in [0.1, 0.15) is 22.6 Å². The van der Waals surface area contributed by atoms with Gasteiger partial charge in [0.25, 0.3) is 0 Å². The number of aromatic nitrogens is 1. The Bertz CT molecular complexity index is 989. The van der Waals surface area contributed by atoms with E-state index in [0.717, 1.165) is 11.1 Å². The van der Waals surface area contributed by atoms with Crippen LogP contribution in [0.25, 0.3) is 0 Å². The van der Waals surface area contributed by atoms with E-state index in [1.807, 2.05) is 59.5 Å². The largest absolute Gasteiger partial charge is 0.496 e. The quantitative estimate of drug-likeness (QED) is 0.552. The summed E-state index contributed by atoms with van der Waals surface area (Å²) in [6, 6.07) is 18.9. The molecule has 0 saturated carbocycles. The zero-order valence-electron chi connectivity index (χ0n) is 16.8. The molecule has 0 aliphatic carbocycles. The lowest BCUT2D eigenvalue weighted by Crippen LogP contribution is -2.28. The van der Waals surface area contributed by atoms with E-state index < -0.39 is 0 Å². The molecule has 1 aromatic heterocycles. The first kappa shape index (κ1) is 20.1. The molecule has 0 radical (unpaired) electrons. The number of rotatable bonds is 7. The van der Waals surface area contributed by atoms with Crippen molar-refractivity contribution in [2.45, 2.75) is 11.9 Å². The van der Waals surface area contributed by atoms with Gasteiger partial charge in [-0.15, -0.1) is 11.8 Å². The van der Waals surface area contributed by atoms with Crippen LogP contribution in [0.1, 0.15) is 16.5 Å². The minimum atomic E-state index is -0.173. The molecule has 154 valence electrons. The fraction of sp³-hybridized carbons (Fsp3) is 0.217. The van der Waals surface area contributed by atoms with Crippen molar-refractivity contribution in [2.24, 2.45) is 0 Å². The molecule has 0 N–H and O–H groups in total. The van der Waals surface area contributed by atoms with Crippen LogP contribution in [-0.4, -0.2) is 35.8 Å². The van der Waals surface area contributed by atoms with Gasteiger partial charge in [-0.05, 0) is 35.9 Å². The highest BCUT2D eigenvalue weighted by Gasteiger charge is 2.36. The molecule has 1 atom stereocenters. The Morgan fingerprint density at radius 1 is 1.00 bits per heavy atom.